The first kappa shape index (κ1) is 19.1. The van der Waals surface area contributed by atoms with Gasteiger partial charge in [-0.25, -0.2) is 9.78 Å². The molecule has 0 saturated heterocycles. The Labute approximate surface area is 159 Å². The number of hydrogen-bond donors (Lipinski definition) is 1. The summed E-state index contributed by atoms with van der Waals surface area (Å²) in [5.41, 5.74) is 0.994. The molecule has 1 aromatic rings. The van der Waals surface area contributed by atoms with E-state index in [1.165, 1.54) is 50.6 Å². The average molecular weight is 380 g/mol. The molecule has 0 atom stereocenters. The van der Waals surface area contributed by atoms with E-state index in [1.54, 1.807) is 0 Å². The molecule has 1 aromatic heterocycles. The van der Waals surface area contributed by atoms with Gasteiger partial charge >= 0.3 is 6.09 Å². The molecule has 0 aromatic carbocycles. The molecule has 26 heavy (non-hydrogen) atoms. The Morgan fingerprint density at radius 3 is 2.77 bits per heavy atom. The minimum atomic E-state index is -0.510. The van der Waals surface area contributed by atoms with Gasteiger partial charge in [0.15, 0.2) is 5.13 Å². The number of unbranched alkanes of at least 4 members (excludes halogenated alkanes) is 1. The van der Waals surface area contributed by atoms with Gasteiger partial charge in [-0.05, 0) is 31.6 Å². The highest BCUT2D eigenvalue weighted by Gasteiger charge is 2.32. The summed E-state index contributed by atoms with van der Waals surface area (Å²) in [6.45, 7) is 3.58. The number of rotatable bonds is 5. The molecule has 7 heteroatoms. The van der Waals surface area contributed by atoms with Gasteiger partial charge in [0.2, 0.25) is 5.91 Å². The Hall–Kier alpha value is -1.63. The van der Waals surface area contributed by atoms with Crippen LogP contribution >= 0.6 is 11.3 Å². The first-order valence-corrected chi connectivity index (χ1v) is 10.5. The van der Waals surface area contributed by atoms with E-state index in [0.717, 1.165) is 42.3 Å². The largest absolute Gasteiger partial charge is 0.453 e. The van der Waals surface area contributed by atoms with Crippen LogP contribution in [-0.4, -0.2) is 35.5 Å². The fourth-order valence-corrected chi connectivity index (χ4v) is 5.03. The van der Waals surface area contributed by atoms with E-state index in [2.05, 4.69) is 22.0 Å². The first-order chi connectivity index (χ1) is 12.6. The molecule has 2 amide bonds. The maximum atomic E-state index is 12.9. The van der Waals surface area contributed by atoms with Crippen molar-refractivity contribution in [1.82, 2.24) is 9.88 Å². The van der Waals surface area contributed by atoms with Crippen LogP contribution in [0.4, 0.5) is 9.93 Å². The number of carbonyl (C=O) groups excluding carboxylic acids is 2. The van der Waals surface area contributed by atoms with Crippen molar-refractivity contribution in [3.05, 3.63) is 10.6 Å². The zero-order chi connectivity index (χ0) is 18.5. The minimum Gasteiger partial charge on any atom is -0.453 e. The first-order valence-electron chi connectivity index (χ1n) is 9.73. The Bertz CT molecular complexity index is 638. The number of carbonyl (C=O) groups is 2. The molecule has 0 bridgehead atoms. The summed E-state index contributed by atoms with van der Waals surface area (Å²) < 4.78 is 4.61. The van der Waals surface area contributed by atoms with Crippen molar-refractivity contribution in [2.75, 3.05) is 19.0 Å². The molecule has 2 aliphatic rings. The Morgan fingerprint density at radius 1 is 1.31 bits per heavy atom. The van der Waals surface area contributed by atoms with E-state index in [1.807, 2.05) is 4.90 Å². The lowest BCUT2D eigenvalue weighted by Crippen LogP contribution is -2.40. The van der Waals surface area contributed by atoms with Crippen LogP contribution in [-0.2, 0) is 22.5 Å². The van der Waals surface area contributed by atoms with E-state index in [4.69, 9.17) is 0 Å². The van der Waals surface area contributed by atoms with Crippen LogP contribution < -0.4 is 5.32 Å². The highest BCUT2D eigenvalue weighted by molar-refractivity contribution is 7.15. The summed E-state index contributed by atoms with van der Waals surface area (Å²) in [5, 5.41) is 3.17. The smallest absolute Gasteiger partial charge is 0.413 e. The lowest BCUT2D eigenvalue weighted by molar-refractivity contribution is -0.137. The van der Waals surface area contributed by atoms with Gasteiger partial charge < -0.3 is 9.64 Å². The number of aromatic nitrogens is 1. The van der Waals surface area contributed by atoms with Crippen LogP contribution in [0.25, 0.3) is 0 Å². The van der Waals surface area contributed by atoms with Gasteiger partial charge in [-0.3, -0.25) is 10.1 Å². The molecule has 0 radical (unpaired) electrons. The second kappa shape index (κ2) is 8.84. The minimum absolute atomic E-state index is 0.190. The summed E-state index contributed by atoms with van der Waals surface area (Å²) in [5.74, 6) is 1.32. The van der Waals surface area contributed by atoms with Crippen LogP contribution in [0, 0.1) is 11.8 Å². The number of nitrogens with zero attached hydrogens (tertiary/aromatic N) is 2. The molecular weight excluding hydrogens is 350 g/mol. The van der Waals surface area contributed by atoms with Crippen molar-refractivity contribution in [3.63, 3.8) is 0 Å². The lowest BCUT2D eigenvalue weighted by Gasteiger charge is -2.33. The van der Waals surface area contributed by atoms with E-state index in [0.29, 0.717) is 17.6 Å². The number of methoxy groups -OCH3 is 1. The summed E-state index contributed by atoms with van der Waals surface area (Å²) in [6, 6.07) is 0. The third-order valence-corrected chi connectivity index (χ3v) is 6.60. The van der Waals surface area contributed by atoms with E-state index in [9.17, 15) is 9.59 Å². The fraction of sp³-hybridized carbons (Fsp3) is 0.737. The molecule has 0 spiro atoms. The summed E-state index contributed by atoms with van der Waals surface area (Å²) in [4.78, 5) is 31.8. The summed E-state index contributed by atoms with van der Waals surface area (Å²) >= 11 is 1.44. The molecule has 2 heterocycles. The van der Waals surface area contributed by atoms with Gasteiger partial charge in [-0.15, -0.1) is 0 Å². The predicted molar refractivity (Wildman–Crippen MR) is 102 cm³/mol. The topological polar surface area (TPSA) is 71.5 Å². The summed E-state index contributed by atoms with van der Waals surface area (Å²) in [7, 11) is 1.33. The second-order valence-electron chi connectivity index (χ2n) is 7.38. The maximum Gasteiger partial charge on any atom is 0.413 e. The Kier molecular flexibility index (Phi) is 6.51. The van der Waals surface area contributed by atoms with Gasteiger partial charge in [0.1, 0.15) is 0 Å². The van der Waals surface area contributed by atoms with Crippen LogP contribution in [0.1, 0.15) is 62.4 Å². The van der Waals surface area contributed by atoms with Gasteiger partial charge in [-0.1, -0.05) is 37.5 Å². The van der Waals surface area contributed by atoms with Crippen molar-refractivity contribution in [1.29, 1.82) is 0 Å². The van der Waals surface area contributed by atoms with Crippen molar-refractivity contribution in [2.24, 2.45) is 11.8 Å². The maximum absolute atomic E-state index is 12.9. The predicted octanol–water partition coefficient (Wildman–Crippen LogP) is 4.20. The molecule has 1 aliphatic carbocycles. The van der Waals surface area contributed by atoms with Gasteiger partial charge in [-0.2, -0.15) is 0 Å². The van der Waals surface area contributed by atoms with Gasteiger partial charge in [0.25, 0.3) is 0 Å². The normalized spacial score (nSPS) is 22.6. The number of ether oxygens (including phenoxy) is 1. The molecule has 1 aliphatic heterocycles. The van der Waals surface area contributed by atoms with Crippen molar-refractivity contribution >= 4 is 28.5 Å². The Balaban J connectivity index is 1.53. The van der Waals surface area contributed by atoms with E-state index >= 15 is 0 Å². The molecule has 0 unspecified atom stereocenters. The molecule has 1 N–H and O–H groups in total. The monoisotopic (exact) mass is 379 g/mol. The number of anilines is 1. The number of hydrogen-bond acceptors (Lipinski definition) is 5. The van der Waals surface area contributed by atoms with Crippen molar-refractivity contribution < 1.29 is 14.3 Å². The average Bonchev–Trinajstić information content (AvgIpc) is 3.07. The van der Waals surface area contributed by atoms with Crippen LogP contribution in [0.5, 0.6) is 0 Å². The number of thiazole rings is 1. The third kappa shape index (κ3) is 4.55. The van der Waals surface area contributed by atoms with E-state index in [-0.39, 0.29) is 5.92 Å². The van der Waals surface area contributed by atoms with Crippen LogP contribution in [0.15, 0.2) is 0 Å². The number of amides is 2. The molecule has 1 fully saturated rings. The zero-order valence-corrected chi connectivity index (χ0v) is 16.6. The van der Waals surface area contributed by atoms with Crippen LogP contribution in [0.3, 0.4) is 0 Å². The highest BCUT2D eigenvalue weighted by Crippen LogP contribution is 2.35. The van der Waals surface area contributed by atoms with Gasteiger partial charge in [0.05, 0.1) is 19.3 Å². The zero-order valence-electron chi connectivity index (χ0n) is 15.8. The van der Waals surface area contributed by atoms with Crippen molar-refractivity contribution in [3.8, 4) is 0 Å². The SMILES string of the molecule is CCCCC1CCC(C(=O)N2CCc3nc(NC(=O)OC)sc3C2)CC1. The molecular formula is C19H29N3O3S. The number of fused-ring (bicyclic) bond motifs is 1. The number of nitrogens with one attached hydrogen (secondary N) is 1. The second-order valence-corrected chi connectivity index (χ2v) is 8.46. The quantitative estimate of drug-likeness (QED) is 0.832. The standard InChI is InChI=1S/C19H29N3O3S/c1-3-4-5-13-6-8-14(9-7-13)17(23)22-11-10-15-16(12-22)26-18(20-15)21-19(24)25-2/h13-14H,3-12H2,1-2H3,(H,20,21,24). The molecule has 144 valence electrons. The summed E-state index contributed by atoms with van der Waals surface area (Å²) in [6.07, 6.45) is 8.61. The van der Waals surface area contributed by atoms with Crippen LogP contribution in [0.2, 0.25) is 0 Å². The molecule has 6 nitrogen and oxygen atoms in total. The van der Waals surface area contributed by atoms with Gasteiger partial charge in [0, 0.05) is 23.8 Å². The molecule has 3 rings (SSSR count). The van der Waals surface area contributed by atoms with Crippen molar-refractivity contribution in [2.45, 2.75) is 64.8 Å². The highest BCUT2D eigenvalue weighted by atomic mass is 32.1. The third-order valence-electron chi connectivity index (χ3n) is 5.60. The molecule has 1 saturated carbocycles. The van der Waals surface area contributed by atoms with E-state index < -0.39 is 6.09 Å². The Morgan fingerprint density at radius 2 is 2.08 bits per heavy atom. The lowest BCUT2D eigenvalue weighted by atomic mass is 9.79. The fourth-order valence-electron chi connectivity index (χ4n) is 4.02.